The average molecular weight is 280 g/mol. The molecule has 0 aromatic heterocycles. The fraction of sp³-hybridized carbons (Fsp3) is 0.571. The maximum Gasteiger partial charge on any atom is 0.0175 e. The van der Waals surface area contributed by atoms with Gasteiger partial charge >= 0.3 is 0 Å². The summed E-state index contributed by atoms with van der Waals surface area (Å²) in [5.74, 6) is 1.68. The lowest BCUT2D eigenvalue weighted by Gasteiger charge is -2.15. The maximum atomic E-state index is 3.77. The van der Waals surface area contributed by atoms with Crippen LogP contribution in [0, 0.1) is 5.92 Å². The molecule has 1 heterocycles. The predicted octanol–water partition coefficient (Wildman–Crippen LogP) is 3.69. The zero-order valence-electron chi connectivity index (χ0n) is 9.62. The van der Waals surface area contributed by atoms with Crippen LogP contribution in [0.3, 0.4) is 0 Å². The van der Waals surface area contributed by atoms with Crippen molar-refractivity contribution in [2.24, 2.45) is 5.92 Å². The van der Waals surface area contributed by atoms with Crippen LogP contribution in [0.1, 0.15) is 37.7 Å². The summed E-state index contributed by atoms with van der Waals surface area (Å²) in [6.45, 7) is 2.33. The quantitative estimate of drug-likeness (QED) is 0.871. The summed E-state index contributed by atoms with van der Waals surface area (Å²) in [6, 6.07) is 10.3. The summed E-state index contributed by atoms with van der Waals surface area (Å²) in [6.07, 6.45) is 4.21. The minimum Gasteiger partial charge on any atom is -0.311 e. The molecule has 2 heteroatoms. The standard InChI is InChI=1S/C14H18BrN/c1-9-13(8-14(16-9)11-2-3-11)10-4-6-12(15)7-5-10/h4-7,9,11,13-14,16H,2-3,8H2,1H3. The largest absolute Gasteiger partial charge is 0.311 e. The third-order valence-corrected chi connectivity index (χ3v) is 4.61. The summed E-state index contributed by atoms with van der Waals surface area (Å²) in [5, 5.41) is 3.77. The van der Waals surface area contributed by atoms with Crippen molar-refractivity contribution in [1.82, 2.24) is 5.32 Å². The highest BCUT2D eigenvalue weighted by Crippen LogP contribution is 2.42. The van der Waals surface area contributed by atoms with Gasteiger partial charge < -0.3 is 5.32 Å². The molecule has 1 aliphatic heterocycles. The Labute approximate surface area is 106 Å². The van der Waals surface area contributed by atoms with Crippen LogP contribution in [0.5, 0.6) is 0 Å². The number of nitrogens with one attached hydrogen (secondary N) is 1. The van der Waals surface area contributed by atoms with E-state index in [1.807, 2.05) is 0 Å². The summed E-state index contributed by atoms with van der Waals surface area (Å²) in [7, 11) is 0. The fourth-order valence-corrected chi connectivity index (χ4v) is 3.23. The second-order valence-electron chi connectivity index (χ2n) is 5.29. The van der Waals surface area contributed by atoms with Gasteiger partial charge in [-0.3, -0.25) is 0 Å². The van der Waals surface area contributed by atoms with Crippen LogP contribution in [0.15, 0.2) is 28.7 Å². The molecular weight excluding hydrogens is 262 g/mol. The molecule has 86 valence electrons. The molecule has 1 saturated carbocycles. The Morgan fingerprint density at radius 3 is 2.50 bits per heavy atom. The molecule has 1 saturated heterocycles. The molecule has 1 aliphatic carbocycles. The van der Waals surface area contributed by atoms with Crippen LogP contribution in [-0.2, 0) is 0 Å². The van der Waals surface area contributed by atoms with Crippen LogP contribution in [0.4, 0.5) is 0 Å². The maximum absolute atomic E-state index is 3.77. The van der Waals surface area contributed by atoms with Crippen molar-refractivity contribution in [1.29, 1.82) is 0 Å². The molecule has 1 N–H and O–H groups in total. The number of rotatable bonds is 2. The molecule has 0 bridgehead atoms. The van der Waals surface area contributed by atoms with E-state index in [2.05, 4.69) is 52.4 Å². The molecule has 2 aliphatic rings. The topological polar surface area (TPSA) is 12.0 Å². The van der Waals surface area contributed by atoms with Gasteiger partial charge in [0, 0.05) is 22.5 Å². The lowest BCUT2D eigenvalue weighted by atomic mass is 9.91. The second kappa shape index (κ2) is 4.15. The van der Waals surface area contributed by atoms with Crippen molar-refractivity contribution in [3.63, 3.8) is 0 Å². The Bertz CT molecular complexity index is 369. The van der Waals surface area contributed by atoms with E-state index in [4.69, 9.17) is 0 Å². The summed E-state index contributed by atoms with van der Waals surface area (Å²) < 4.78 is 1.17. The molecule has 16 heavy (non-hydrogen) atoms. The van der Waals surface area contributed by atoms with Crippen molar-refractivity contribution < 1.29 is 0 Å². The van der Waals surface area contributed by atoms with Gasteiger partial charge in [-0.1, -0.05) is 28.1 Å². The average Bonchev–Trinajstić information content (AvgIpc) is 3.04. The van der Waals surface area contributed by atoms with Gasteiger partial charge in [0.15, 0.2) is 0 Å². The molecule has 1 nitrogen and oxygen atoms in total. The molecule has 0 radical (unpaired) electrons. The minimum absolute atomic E-state index is 0.631. The Morgan fingerprint density at radius 1 is 1.19 bits per heavy atom. The van der Waals surface area contributed by atoms with Crippen LogP contribution < -0.4 is 5.32 Å². The molecule has 2 fully saturated rings. The highest BCUT2D eigenvalue weighted by Gasteiger charge is 2.40. The van der Waals surface area contributed by atoms with Crippen molar-refractivity contribution in [2.75, 3.05) is 0 Å². The van der Waals surface area contributed by atoms with Crippen molar-refractivity contribution in [3.05, 3.63) is 34.3 Å². The first-order chi connectivity index (χ1) is 7.74. The van der Waals surface area contributed by atoms with E-state index in [1.165, 1.54) is 29.3 Å². The third-order valence-electron chi connectivity index (χ3n) is 4.08. The zero-order chi connectivity index (χ0) is 11.1. The lowest BCUT2D eigenvalue weighted by Crippen LogP contribution is -2.29. The molecule has 0 amide bonds. The van der Waals surface area contributed by atoms with E-state index in [-0.39, 0.29) is 0 Å². The van der Waals surface area contributed by atoms with E-state index in [0.29, 0.717) is 12.0 Å². The smallest absolute Gasteiger partial charge is 0.0175 e. The van der Waals surface area contributed by atoms with Gasteiger partial charge in [0.25, 0.3) is 0 Å². The van der Waals surface area contributed by atoms with Gasteiger partial charge in [0.05, 0.1) is 0 Å². The van der Waals surface area contributed by atoms with Crippen molar-refractivity contribution in [3.8, 4) is 0 Å². The first-order valence-corrected chi connectivity index (χ1v) is 7.05. The second-order valence-corrected chi connectivity index (χ2v) is 6.21. The van der Waals surface area contributed by atoms with E-state index in [0.717, 1.165) is 12.0 Å². The van der Waals surface area contributed by atoms with Crippen molar-refractivity contribution in [2.45, 2.75) is 44.2 Å². The summed E-state index contributed by atoms with van der Waals surface area (Å²) in [4.78, 5) is 0. The molecular formula is C14H18BrN. The monoisotopic (exact) mass is 279 g/mol. The molecule has 3 unspecified atom stereocenters. The van der Waals surface area contributed by atoms with Gasteiger partial charge in [-0.2, -0.15) is 0 Å². The third kappa shape index (κ3) is 2.05. The number of hydrogen-bond donors (Lipinski definition) is 1. The van der Waals surface area contributed by atoms with Crippen LogP contribution >= 0.6 is 15.9 Å². The molecule has 1 aromatic carbocycles. The van der Waals surface area contributed by atoms with Crippen molar-refractivity contribution >= 4 is 15.9 Å². The first kappa shape index (κ1) is 10.8. The fourth-order valence-electron chi connectivity index (χ4n) is 2.96. The molecule has 3 rings (SSSR count). The number of benzene rings is 1. The Balaban J connectivity index is 1.76. The van der Waals surface area contributed by atoms with Gasteiger partial charge in [-0.05, 0) is 49.8 Å². The highest BCUT2D eigenvalue weighted by molar-refractivity contribution is 9.10. The predicted molar refractivity (Wildman–Crippen MR) is 70.6 cm³/mol. The number of halogens is 1. The van der Waals surface area contributed by atoms with Crippen LogP contribution in [-0.4, -0.2) is 12.1 Å². The van der Waals surface area contributed by atoms with Crippen LogP contribution in [0.2, 0.25) is 0 Å². The van der Waals surface area contributed by atoms with Gasteiger partial charge in [-0.15, -0.1) is 0 Å². The Hall–Kier alpha value is -0.340. The Morgan fingerprint density at radius 2 is 1.88 bits per heavy atom. The van der Waals surface area contributed by atoms with E-state index < -0.39 is 0 Å². The summed E-state index contributed by atoms with van der Waals surface area (Å²) >= 11 is 3.50. The highest BCUT2D eigenvalue weighted by atomic mass is 79.9. The number of hydrogen-bond acceptors (Lipinski definition) is 1. The van der Waals surface area contributed by atoms with Gasteiger partial charge in [0.2, 0.25) is 0 Å². The summed E-state index contributed by atoms with van der Waals surface area (Å²) in [5.41, 5.74) is 1.49. The van der Waals surface area contributed by atoms with Gasteiger partial charge in [0.1, 0.15) is 0 Å². The Kier molecular flexibility index (Phi) is 2.80. The van der Waals surface area contributed by atoms with E-state index in [1.54, 1.807) is 0 Å². The van der Waals surface area contributed by atoms with Crippen LogP contribution in [0.25, 0.3) is 0 Å². The molecule has 0 spiro atoms. The van der Waals surface area contributed by atoms with E-state index >= 15 is 0 Å². The zero-order valence-corrected chi connectivity index (χ0v) is 11.2. The van der Waals surface area contributed by atoms with Gasteiger partial charge in [-0.25, -0.2) is 0 Å². The minimum atomic E-state index is 0.631. The lowest BCUT2D eigenvalue weighted by molar-refractivity contribution is 0.509. The SMILES string of the molecule is CC1NC(C2CC2)CC1c1ccc(Br)cc1. The molecule has 1 aromatic rings. The first-order valence-electron chi connectivity index (χ1n) is 6.25. The normalized spacial score (nSPS) is 34.2. The molecule has 3 atom stereocenters. The van der Waals surface area contributed by atoms with E-state index in [9.17, 15) is 0 Å².